The summed E-state index contributed by atoms with van der Waals surface area (Å²) in [4.78, 5) is 4.95. The smallest absolute Gasteiger partial charge is 0.0411 e. The van der Waals surface area contributed by atoms with Crippen molar-refractivity contribution in [2.75, 3.05) is 32.1 Å². The number of anilines is 1. The molecule has 0 spiro atoms. The third kappa shape index (κ3) is 3.33. The fourth-order valence-corrected chi connectivity index (χ4v) is 3.13. The van der Waals surface area contributed by atoms with E-state index in [1.165, 1.54) is 50.0 Å². The van der Waals surface area contributed by atoms with E-state index in [1.54, 1.807) is 0 Å². The Morgan fingerprint density at radius 1 is 1.15 bits per heavy atom. The van der Waals surface area contributed by atoms with Gasteiger partial charge in [-0.05, 0) is 57.5 Å². The summed E-state index contributed by atoms with van der Waals surface area (Å²) < 4.78 is 0. The van der Waals surface area contributed by atoms with Gasteiger partial charge < -0.3 is 15.1 Å². The van der Waals surface area contributed by atoms with Gasteiger partial charge in [-0.1, -0.05) is 18.2 Å². The average molecular weight is 273 g/mol. The highest BCUT2D eigenvalue weighted by Gasteiger charge is 2.23. The first kappa shape index (κ1) is 13.9. The van der Waals surface area contributed by atoms with Crippen molar-refractivity contribution < 1.29 is 0 Å². The van der Waals surface area contributed by atoms with Crippen LogP contribution in [0.25, 0.3) is 0 Å². The third-order valence-corrected chi connectivity index (χ3v) is 4.77. The molecule has 110 valence electrons. The standard InChI is InChI=1S/C17H27N3/c1-19-11-9-16(10-12-19)20(2)17-6-4-3-5-14(17)13-18-15-7-8-15/h3-6,15-16,18H,7-13H2,1-2H3. The first-order valence-corrected chi connectivity index (χ1v) is 7.96. The molecule has 1 aliphatic heterocycles. The number of hydrogen-bond donors (Lipinski definition) is 1. The minimum atomic E-state index is 0.688. The molecule has 0 radical (unpaired) electrons. The Morgan fingerprint density at radius 2 is 1.85 bits per heavy atom. The fourth-order valence-electron chi connectivity index (χ4n) is 3.13. The van der Waals surface area contributed by atoms with Gasteiger partial charge >= 0.3 is 0 Å². The van der Waals surface area contributed by atoms with Gasteiger partial charge in [0.2, 0.25) is 0 Å². The van der Waals surface area contributed by atoms with Gasteiger partial charge in [-0.15, -0.1) is 0 Å². The predicted octanol–water partition coefficient (Wildman–Crippen LogP) is 2.47. The van der Waals surface area contributed by atoms with Gasteiger partial charge in [0.25, 0.3) is 0 Å². The molecule has 0 bridgehead atoms. The second-order valence-electron chi connectivity index (χ2n) is 6.43. The maximum atomic E-state index is 3.64. The van der Waals surface area contributed by atoms with Gasteiger partial charge in [0.05, 0.1) is 0 Å². The maximum absolute atomic E-state index is 3.64. The van der Waals surface area contributed by atoms with Crippen LogP contribution in [0, 0.1) is 0 Å². The van der Waals surface area contributed by atoms with Crippen molar-refractivity contribution in [3.63, 3.8) is 0 Å². The second-order valence-corrected chi connectivity index (χ2v) is 6.43. The number of hydrogen-bond acceptors (Lipinski definition) is 3. The monoisotopic (exact) mass is 273 g/mol. The van der Waals surface area contributed by atoms with Gasteiger partial charge in [-0.2, -0.15) is 0 Å². The highest BCUT2D eigenvalue weighted by atomic mass is 15.2. The molecule has 1 heterocycles. The predicted molar refractivity (Wildman–Crippen MR) is 85.2 cm³/mol. The maximum Gasteiger partial charge on any atom is 0.0411 e. The first-order valence-electron chi connectivity index (χ1n) is 7.96. The van der Waals surface area contributed by atoms with E-state index in [-0.39, 0.29) is 0 Å². The summed E-state index contributed by atoms with van der Waals surface area (Å²) >= 11 is 0. The largest absolute Gasteiger partial charge is 0.371 e. The molecule has 1 aromatic carbocycles. The minimum absolute atomic E-state index is 0.688. The molecule has 2 fully saturated rings. The molecule has 3 rings (SSSR count). The number of para-hydroxylation sites is 1. The van der Waals surface area contributed by atoms with Crippen LogP contribution in [-0.4, -0.2) is 44.2 Å². The van der Waals surface area contributed by atoms with Crippen molar-refractivity contribution in [3.05, 3.63) is 29.8 Å². The van der Waals surface area contributed by atoms with Crippen LogP contribution in [0.5, 0.6) is 0 Å². The van der Waals surface area contributed by atoms with Crippen LogP contribution in [0.15, 0.2) is 24.3 Å². The first-order chi connectivity index (χ1) is 9.74. The summed E-state index contributed by atoms with van der Waals surface area (Å²) in [6.07, 6.45) is 5.26. The van der Waals surface area contributed by atoms with Crippen molar-refractivity contribution >= 4 is 5.69 Å². The van der Waals surface area contributed by atoms with Crippen molar-refractivity contribution in [1.29, 1.82) is 0 Å². The molecule has 1 aliphatic carbocycles. The van der Waals surface area contributed by atoms with Crippen LogP contribution >= 0.6 is 0 Å². The average Bonchev–Trinajstić information content (AvgIpc) is 3.30. The van der Waals surface area contributed by atoms with E-state index in [0.29, 0.717) is 6.04 Å². The molecule has 1 aromatic rings. The minimum Gasteiger partial charge on any atom is -0.371 e. The molecule has 2 aliphatic rings. The second kappa shape index (κ2) is 6.15. The molecule has 1 saturated carbocycles. The lowest BCUT2D eigenvalue weighted by atomic mass is 10.0. The third-order valence-electron chi connectivity index (χ3n) is 4.77. The molecular formula is C17H27N3. The highest BCUT2D eigenvalue weighted by molar-refractivity contribution is 5.54. The van der Waals surface area contributed by atoms with Crippen LogP contribution < -0.4 is 10.2 Å². The lowest BCUT2D eigenvalue weighted by Gasteiger charge is -2.37. The van der Waals surface area contributed by atoms with E-state index in [1.807, 2.05) is 0 Å². The van der Waals surface area contributed by atoms with E-state index >= 15 is 0 Å². The van der Waals surface area contributed by atoms with Crippen molar-refractivity contribution in [2.24, 2.45) is 0 Å². The normalized spacial score (nSPS) is 21.1. The lowest BCUT2D eigenvalue weighted by molar-refractivity contribution is 0.252. The summed E-state index contributed by atoms with van der Waals surface area (Å²) in [5, 5.41) is 3.64. The topological polar surface area (TPSA) is 18.5 Å². The molecule has 0 amide bonds. The summed E-state index contributed by atoms with van der Waals surface area (Å²) in [6.45, 7) is 3.45. The SMILES string of the molecule is CN1CCC(N(C)c2ccccc2CNC2CC2)CC1. The van der Waals surface area contributed by atoms with Crippen molar-refractivity contribution in [2.45, 2.75) is 44.3 Å². The molecule has 3 nitrogen and oxygen atoms in total. The zero-order valence-corrected chi connectivity index (χ0v) is 12.8. The zero-order valence-electron chi connectivity index (χ0n) is 12.8. The molecule has 20 heavy (non-hydrogen) atoms. The van der Waals surface area contributed by atoms with Gasteiger partial charge in [-0.3, -0.25) is 0 Å². The number of nitrogens with one attached hydrogen (secondary N) is 1. The van der Waals surface area contributed by atoms with Crippen molar-refractivity contribution in [1.82, 2.24) is 10.2 Å². The number of rotatable bonds is 5. The van der Waals surface area contributed by atoms with E-state index in [2.05, 4.69) is 53.5 Å². The Hall–Kier alpha value is -1.06. The van der Waals surface area contributed by atoms with Crippen LogP contribution in [0.3, 0.4) is 0 Å². The molecule has 1 saturated heterocycles. The molecule has 0 unspecified atom stereocenters. The van der Waals surface area contributed by atoms with E-state index in [0.717, 1.165) is 12.6 Å². The van der Waals surface area contributed by atoms with Crippen LogP contribution in [0.2, 0.25) is 0 Å². The zero-order chi connectivity index (χ0) is 13.9. The Labute approximate surface area is 123 Å². The molecule has 3 heteroatoms. The Bertz CT molecular complexity index is 434. The molecular weight excluding hydrogens is 246 g/mol. The summed E-state index contributed by atoms with van der Waals surface area (Å²) in [5.41, 5.74) is 2.86. The fraction of sp³-hybridized carbons (Fsp3) is 0.647. The van der Waals surface area contributed by atoms with E-state index in [4.69, 9.17) is 0 Å². The number of nitrogens with zero attached hydrogens (tertiary/aromatic N) is 2. The van der Waals surface area contributed by atoms with Gasteiger partial charge in [0.15, 0.2) is 0 Å². The lowest BCUT2D eigenvalue weighted by Crippen LogP contribution is -2.42. The van der Waals surface area contributed by atoms with Crippen LogP contribution in [-0.2, 0) is 6.54 Å². The number of benzene rings is 1. The summed E-state index contributed by atoms with van der Waals surface area (Å²) in [6, 6.07) is 10.3. The Kier molecular flexibility index (Phi) is 4.27. The van der Waals surface area contributed by atoms with Crippen LogP contribution in [0.4, 0.5) is 5.69 Å². The Morgan fingerprint density at radius 3 is 2.55 bits per heavy atom. The molecule has 1 N–H and O–H groups in total. The summed E-state index contributed by atoms with van der Waals surface area (Å²) in [7, 11) is 4.50. The van der Waals surface area contributed by atoms with Gasteiger partial charge in [-0.25, -0.2) is 0 Å². The van der Waals surface area contributed by atoms with E-state index in [9.17, 15) is 0 Å². The molecule has 0 aromatic heterocycles. The number of likely N-dealkylation sites (tertiary alicyclic amines) is 1. The highest BCUT2D eigenvalue weighted by Crippen LogP contribution is 2.26. The van der Waals surface area contributed by atoms with E-state index < -0.39 is 0 Å². The molecule has 0 atom stereocenters. The number of piperidine rings is 1. The van der Waals surface area contributed by atoms with Gasteiger partial charge in [0, 0.05) is 31.4 Å². The Balaban J connectivity index is 1.67. The quantitative estimate of drug-likeness (QED) is 0.889. The van der Waals surface area contributed by atoms with Gasteiger partial charge in [0.1, 0.15) is 0 Å². The van der Waals surface area contributed by atoms with Crippen LogP contribution in [0.1, 0.15) is 31.2 Å². The summed E-state index contributed by atoms with van der Waals surface area (Å²) in [5.74, 6) is 0. The van der Waals surface area contributed by atoms with Crippen molar-refractivity contribution in [3.8, 4) is 0 Å².